The van der Waals surface area contributed by atoms with Crippen LogP contribution < -0.4 is 0 Å². The normalized spacial score (nSPS) is 27.1. The van der Waals surface area contributed by atoms with E-state index in [2.05, 4.69) is 12.2 Å². The smallest absolute Gasteiger partial charge is 0.306 e. The molecule has 2 nitrogen and oxygen atoms in total. The molecule has 0 bridgehead atoms. The quantitative estimate of drug-likeness (QED) is 0.429. The maximum Gasteiger partial charge on any atom is 0.306 e. The minimum atomic E-state index is 0.00143. The molecule has 20 heavy (non-hydrogen) atoms. The number of cyclic esters (lactones) is 1. The number of allylic oxidation sites excluding steroid dienone is 2. The third-order valence-corrected chi connectivity index (χ3v) is 3.98. The van der Waals surface area contributed by atoms with E-state index >= 15 is 0 Å². The zero-order valence-corrected chi connectivity index (χ0v) is 13.2. The Morgan fingerprint density at radius 2 is 1.40 bits per heavy atom. The number of hydrogen-bond donors (Lipinski definition) is 0. The van der Waals surface area contributed by atoms with Crippen molar-refractivity contribution in [1.29, 1.82) is 0 Å². The lowest BCUT2D eigenvalue weighted by atomic mass is 10.1. The Balaban J connectivity index is 2.25. The van der Waals surface area contributed by atoms with Gasteiger partial charge in [0.15, 0.2) is 0 Å². The molecule has 0 spiro atoms. The summed E-state index contributed by atoms with van der Waals surface area (Å²) >= 11 is 0. The van der Waals surface area contributed by atoms with Gasteiger partial charge in [0.2, 0.25) is 0 Å². The topological polar surface area (TPSA) is 26.3 Å². The predicted molar refractivity (Wildman–Crippen MR) is 84.7 cm³/mol. The van der Waals surface area contributed by atoms with E-state index in [0.29, 0.717) is 6.42 Å². The van der Waals surface area contributed by atoms with E-state index < -0.39 is 0 Å². The summed E-state index contributed by atoms with van der Waals surface area (Å²) < 4.78 is 5.45. The van der Waals surface area contributed by atoms with Gasteiger partial charge < -0.3 is 4.74 Å². The first-order valence-corrected chi connectivity index (χ1v) is 8.63. The van der Waals surface area contributed by atoms with E-state index in [1.54, 1.807) is 0 Å². The lowest BCUT2D eigenvalue weighted by molar-refractivity contribution is -0.148. The highest BCUT2D eigenvalue weighted by Crippen LogP contribution is 2.13. The van der Waals surface area contributed by atoms with Crippen LogP contribution in [-0.4, -0.2) is 12.1 Å². The summed E-state index contributed by atoms with van der Waals surface area (Å²) in [6, 6.07) is 0. The Hall–Kier alpha value is -0.790. The fourth-order valence-electron chi connectivity index (χ4n) is 2.69. The van der Waals surface area contributed by atoms with Crippen LogP contribution in [-0.2, 0) is 9.53 Å². The van der Waals surface area contributed by atoms with Crippen LogP contribution in [0.15, 0.2) is 12.2 Å². The van der Waals surface area contributed by atoms with E-state index in [-0.39, 0.29) is 12.1 Å². The summed E-state index contributed by atoms with van der Waals surface area (Å²) in [7, 11) is 0. The molecule has 0 aromatic rings. The van der Waals surface area contributed by atoms with E-state index in [4.69, 9.17) is 4.74 Å². The molecular weight excluding hydrogens is 248 g/mol. The van der Waals surface area contributed by atoms with Gasteiger partial charge >= 0.3 is 5.97 Å². The van der Waals surface area contributed by atoms with Gasteiger partial charge in [-0.3, -0.25) is 4.79 Å². The van der Waals surface area contributed by atoms with Crippen molar-refractivity contribution in [3.63, 3.8) is 0 Å². The maximum absolute atomic E-state index is 11.7. The second-order valence-electron chi connectivity index (χ2n) is 6.07. The van der Waals surface area contributed by atoms with Gasteiger partial charge in [-0.25, -0.2) is 0 Å². The van der Waals surface area contributed by atoms with Gasteiger partial charge in [-0.1, -0.05) is 44.3 Å². The third kappa shape index (κ3) is 10.1. The van der Waals surface area contributed by atoms with Gasteiger partial charge in [0, 0.05) is 6.42 Å². The molecule has 0 aliphatic carbocycles. The lowest BCUT2D eigenvalue weighted by Crippen LogP contribution is -2.14. The number of rotatable bonds is 0. The Kier molecular flexibility index (Phi) is 10.3. The first kappa shape index (κ1) is 17.3. The maximum atomic E-state index is 11.7. The molecule has 0 aromatic carbocycles. The number of carbonyl (C=O) groups is 1. The molecule has 0 aromatic heterocycles. The van der Waals surface area contributed by atoms with E-state index in [1.807, 2.05) is 6.92 Å². The standard InChI is InChI=1S/C18H32O2/c1-17-15-13-11-9-7-5-3-2-4-6-8-10-12-14-16-18(19)20-17/h2-3,17H,4-16H2,1H3/b3-2+/t17-/m1/s1. The fraction of sp³-hybridized carbons (Fsp3) is 0.833. The Labute approximate surface area is 125 Å². The molecular formula is C18H32O2. The Morgan fingerprint density at radius 3 is 2.10 bits per heavy atom. The zero-order valence-electron chi connectivity index (χ0n) is 13.2. The van der Waals surface area contributed by atoms with Crippen LogP contribution in [0.5, 0.6) is 0 Å². The monoisotopic (exact) mass is 280 g/mol. The molecule has 116 valence electrons. The lowest BCUT2D eigenvalue weighted by Gasteiger charge is -2.13. The molecule has 1 aliphatic heterocycles. The van der Waals surface area contributed by atoms with Gasteiger partial charge in [-0.15, -0.1) is 0 Å². The van der Waals surface area contributed by atoms with Crippen molar-refractivity contribution < 1.29 is 9.53 Å². The molecule has 0 fully saturated rings. The summed E-state index contributed by atoms with van der Waals surface area (Å²) in [5.74, 6) is 0.00143. The van der Waals surface area contributed by atoms with Crippen LogP contribution in [0, 0.1) is 0 Å². The average Bonchev–Trinajstić information content (AvgIpc) is 2.42. The summed E-state index contributed by atoms with van der Waals surface area (Å²) in [4.78, 5) is 11.7. The molecule has 0 radical (unpaired) electrons. The minimum Gasteiger partial charge on any atom is -0.463 e. The highest BCUT2D eigenvalue weighted by molar-refractivity contribution is 5.69. The van der Waals surface area contributed by atoms with Crippen LogP contribution in [0.4, 0.5) is 0 Å². The third-order valence-electron chi connectivity index (χ3n) is 3.98. The van der Waals surface area contributed by atoms with Crippen molar-refractivity contribution >= 4 is 5.97 Å². The number of carbonyl (C=O) groups excluding carboxylic acids is 1. The van der Waals surface area contributed by atoms with Gasteiger partial charge in [0.25, 0.3) is 0 Å². The highest BCUT2D eigenvalue weighted by atomic mass is 16.5. The molecule has 0 saturated heterocycles. The fourth-order valence-corrected chi connectivity index (χ4v) is 2.69. The summed E-state index contributed by atoms with van der Waals surface area (Å²) in [6.45, 7) is 2.03. The first-order chi connectivity index (χ1) is 9.79. The second kappa shape index (κ2) is 12.0. The predicted octanol–water partition coefficient (Wildman–Crippen LogP) is 5.56. The van der Waals surface area contributed by atoms with E-state index in [1.165, 1.54) is 57.8 Å². The van der Waals surface area contributed by atoms with E-state index in [0.717, 1.165) is 19.3 Å². The molecule has 1 aliphatic rings. The Bertz CT molecular complexity index is 271. The van der Waals surface area contributed by atoms with Crippen LogP contribution >= 0.6 is 0 Å². The van der Waals surface area contributed by atoms with Crippen molar-refractivity contribution in [2.45, 2.75) is 96.5 Å². The first-order valence-electron chi connectivity index (χ1n) is 8.63. The Morgan fingerprint density at radius 1 is 0.850 bits per heavy atom. The molecule has 1 atom stereocenters. The molecule has 0 unspecified atom stereocenters. The molecule has 0 saturated carbocycles. The summed E-state index contributed by atoms with van der Waals surface area (Å²) in [5, 5.41) is 0. The van der Waals surface area contributed by atoms with Gasteiger partial charge in [-0.2, -0.15) is 0 Å². The van der Waals surface area contributed by atoms with Gasteiger partial charge in [0.1, 0.15) is 0 Å². The van der Waals surface area contributed by atoms with Crippen LogP contribution in [0.25, 0.3) is 0 Å². The largest absolute Gasteiger partial charge is 0.463 e. The van der Waals surface area contributed by atoms with Crippen molar-refractivity contribution in [3.05, 3.63) is 12.2 Å². The van der Waals surface area contributed by atoms with Crippen molar-refractivity contribution in [3.8, 4) is 0 Å². The van der Waals surface area contributed by atoms with Crippen LogP contribution in [0.1, 0.15) is 90.4 Å². The zero-order chi connectivity index (χ0) is 14.5. The molecule has 0 amide bonds. The number of ether oxygens (including phenoxy) is 1. The molecule has 1 heterocycles. The SMILES string of the molecule is C[C@@H]1CCCCCC/C=C/CCCCCCCC(=O)O1. The van der Waals surface area contributed by atoms with Crippen LogP contribution in [0.2, 0.25) is 0 Å². The average molecular weight is 280 g/mol. The van der Waals surface area contributed by atoms with Crippen molar-refractivity contribution in [2.24, 2.45) is 0 Å². The summed E-state index contributed by atoms with van der Waals surface area (Å²) in [5.41, 5.74) is 0. The molecule has 0 N–H and O–H groups in total. The van der Waals surface area contributed by atoms with Crippen LogP contribution in [0.3, 0.4) is 0 Å². The number of esters is 1. The summed E-state index contributed by atoms with van der Waals surface area (Å²) in [6.07, 6.45) is 19.9. The molecule has 2 heteroatoms. The van der Waals surface area contributed by atoms with Crippen molar-refractivity contribution in [1.82, 2.24) is 0 Å². The van der Waals surface area contributed by atoms with Gasteiger partial charge in [-0.05, 0) is 51.9 Å². The highest BCUT2D eigenvalue weighted by Gasteiger charge is 2.08. The molecule has 1 rings (SSSR count). The minimum absolute atomic E-state index is 0.00143. The second-order valence-corrected chi connectivity index (χ2v) is 6.07. The van der Waals surface area contributed by atoms with Crippen molar-refractivity contribution in [2.75, 3.05) is 0 Å². The van der Waals surface area contributed by atoms with E-state index in [9.17, 15) is 4.79 Å². The number of hydrogen-bond acceptors (Lipinski definition) is 2. The van der Waals surface area contributed by atoms with Gasteiger partial charge in [0.05, 0.1) is 6.10 Å².